The van der Waals surface area contributed by atoms with E-state index in [0.717, 1.165) is 15.1 Å². The number of thiophene rings is 1. The van der Waals surface area contributed by atoms with Crippen molar-refractivity contribution >= 4 is 33.3 Å². The Kier molecular flexibility index (Phi) is 3.10. The number of halogens is 2. The molecule has 2 N–H and O–H groups in total. The van der Waals surface area contributed by atoms with Crippen LogP contribution >= 0.6 is 11.3 Å². The molecule has 0 aliphatic carbocycles. The lowest BCUT2D eigenvalue weighted by atomic mass is 10.3. The lowest BCUT2D eigenvalue weighted by molar-refractivity contribution is 0.156. The molecule has 2 rings (SSSR count). The maximum atomic E-state index is 12.4. The van der Waals surface area contributed by atoms with Crippen molar-refractivity contribution in [3.63, 3.8) is 0 Å². The molecule has 0 fully saturated rings. The van der Waals surface area contributed by atoms with E-state index in [9.17, 15) is 8.78 Å². The highest BCUT2D eigenvalue weighted by molar-refractivity contribution is 7.18. The number of hydrogen-bond acceptors (Lipinski definition) is 5. The van der Waals surface area contributed by atoms with Gasteiger partial charge in [0, 0.05) is 11.9 Å². The molecular formula is C10H12F2N4S. The van der Waals surface area contributed by atoms with Crippen molar-refractivity contribution < 1.29 is 8.78 Å². The molecule has 0 spiro atoms. The molecule has 0 bridgehead atoms. The first-order chi connectivity index (χ1) is 7.97. The van der Waals surface area contributed by atoms with Gasteiger partial charge in [-0.2, -0.15) is 4.98 Å². The van der Waals surface area contributed by atoms with Crippen molar-refractivity contribution in [3.8, 4) is 0 Å². The Bertz CT molecular complexity index is 540. The van der Waals surface area contributed by atoms with Gasteiger partial charge in [0.1, 0.15) is 10.6 Å². The van der Waals surface area contributed by atoms with Gasteiger partial charge in [-0.3, -0.25) is 0 Å². The van der Waals surface area contributed by atoms with Crippen LogP contribution in [0.2, 0.25) is 0 Å². The van der Waals surface area contributed by atoms with Gasteiger partial charge in [-0.1, -0.05) is 0 Å². The molecule has 0 aromatic carbocycles. The summed E-state index contributed by atoms with van der Waals surface area (Å²) in [5.74, 6) is 0.563. The number of hydrogen-bond donors (Lipinski definition) is 1. The summed E-state index contributed by atoms with van der Waals surface area (Å²) in [6.45, 7) is 1.56. The molecule has 0 saturated heterocycles. The van der Waals surface area contributed by atoms with E-state index in [2.05, 4.69) is 9.97 Å². The van der Waals surface area contributed by atoms with Crippen LogP contribution in [-0.2, 0) is 0 Å². The van der Waals surface area contributed by atoms with Gasteiger partial charge in [0.05, 0.1) is 11.9 Å². The molecule has 2 aromatic rings. The van der Waals surface area contributed by atoms with Crippen LogP contribution in [0.5, 0.6) is 0 Å². The van der Waals surface area contributed by atoms with Crippen molar-refractivity contribution in [2.24, 2.45) is 0 Å². The third kappa shape index (κ3) is 2.44. The first-order valence-electron chi connectivity index (χ1n) is 5.00. The largest absolute Gasteiger partial charge is 0.368 e. The number of fused-ring (bicyclic) bond motifs is 1. The lowest BCUT2D eigenvalue weighted by Gasteiger charge is -2.18. The number of alkyl halides is 2. The molecule has 0 radical (unpaired) electrons. The molecular weight excluding hydrogens is 246 g/mol. The molecule has 0 unspecified atom stereocenters. The zero-order valence-electron chi connectivity index (χ0n) is 9.44. The minimum Gasteiger partial charge on any atom is -0.368 e. The average Bonchev–Trinajstić information content (AvgIpc) is 2.55. The summed E-state index contributed by atoms with van der Waals surface area (Å²) in [4.78, 5) is 11.3. The minimum absolute atomic E-state index is 0.107. The standard InChI is InChI=1S/C10H12F2N4S/c1-5-3-6-8(16(2)4-7(11)12)14-10(13)15-9(6)17-5/h3,7H,4H2,1-2H3,(H2,13,14,15). The monoisotopic (exact) mass is 258 g/mol. The van der Waals surface area contributed by atoms with Gasteiger partial charge < -0.3 is 10.6 Å². The maximum Gasteiger partial charge on any atom is 0.255 e. The predicted molar refractivity (Wildman–Crippen MR) is 65.8 cm³/mol. The number of rotatable bonds is 3. The molecule has 92 valence electrons. The van der Waals surface area contributed by atoms with E-state index in [4.69, 9.17) is 5.73 Å². The Morgan fingerprint density at radius 1 is 1.47 bits per heavy atom. The Morgan fingerprint density at radius 3 is 2.82 bits per heavy atom. The van der Waals surface area contributed by atoms with Crippen molar-refractivity contribution in [1.82, 2.24) is 9.97 Å². The summed E-state index contributed by atoms with van der Waals surface area (Å²) in [6, 6.07) is 1.89. The highest BCUT2D eigenvalue weighted by Crippen LogP contribution is 2.30. The molecule has 7 heteroatoms. The van der Waals surface area contributed by atoms with Crippen LogP contribution in [0, 0.1) is 6.92 Å². The van der Waals surface area contributed by atoms with Gasteiger partial charge in [-0.25, -0.2) is 13.8 Å². The van der Waals surface area contributed by atoms with Gasteiger partial charge in [-0.05, 0) is 13.0 Å². The molecule has 2 heterocycles. The van der Waals surface area contributed by atoms with Crippen LogP contribution in [0.4, 0.5) is 20.5 Å². The Morgan fingerprint density at radius 2 is 2.18 bits per heavy atom. The SMILES string of the molecule is Cc1cc2c(N(C)CC(F)F)nc(N)nc2s1. The fourth-order valence-electron chi connectivity index (χ4n) is 1.63. The zero-order valence-corrected chi connectivity index (χ0v) is 10.3. The van der Waals surface area contributed by atoms with Crippen molar-refractivity contribution in [1.29, 1.82) is 0 Å². The number of aryl methyl sites for hydroxylation is 1. The van der Waals surface area contributed by atoms with Crippen molar-refractivity contribution in [3.05, 3.63) is 10.9 Å². The fraction of sp³-hybridized carbons (Fsp3) is 0.400. The van der Waals surface area contributed by atoms with E-state index < -0.39 is 6.43 Å². The van der Waals surface area contributed by atoms with Gasteiger partial charge in [0.15, 0.2) is 0 Å². The Balaban J connectivity index is 2.51. The van der Waals surface area contributed by atoms with Crippen molar-refractivity contribution in [2.45, 2.75) is 13.3 Å². The van der Waals surface area contributed by atoms with Crippen LogP contribution in [0.3, 0.4) is 0 Å². The lowest BCUT2D eigenvalue weighted by Crippen LogP contribution is -2.25. The summed E-state index contributed by atoms with van der Waals surface area (Å²) in [5.41, 5.74) is 5.57. The summed E-state index contributed by atoms with van der Waals surface area (Å²) in [7, 11) is 1.57. The van der Waals surface area contributed by atoms with E-state index in [1.165, 1.54) is 16.2 Å². The van der Waals surface area contributed by atoms with Crippen LogP contribution in [0.25, 0.3) is 10.2 Å². The second-order valence-corrected chi connectivity index (χ2v) is 4.99. The number of aromatic nitrogens is 2. The molecule has 0 amide bonds. The molecule has 2 aromatic heterocycles. The van der Waals surface area contributed by atoms with Crippen LogP contribution in [0.15, 0.2) is 6.07 Å². The summed E-state index contributed by atoms with van der Waals surface area (Å²) in [5, 5.41) is 0.768. The number of nitrogens with zero attached hydrogens (tertiary/aromatic N) is 3. The number of anilines is 2. The molecule has 17 heavy (non-hydrogen) atoms. The summed E-state index contributed by atoms with van der Waals surface area (Å²) < 4.78 is 24.7. The van der Waals surface area contributed by atoms with Crippen LogP contribution in [0.1, 0.15) is 4.88 Å². The van der Waals surface area contributed by atoms with Gasteiger partial charge in [-0.15, -0.1) is 11.3 Å². The molecule has 0 aliphatic heterocycles. The quantitative estimate of drug-likeness (QED) is 0.917. The highest BCUT2D eigenvalue weighted by Gasteiger charge is 2.15. The number of nitrogens with two attached hydrogens (primary N) is 1. The second kappa shape index (κ2) is 4.40. The maximum absolute atomic E-state index is 12.4. The van der Waals surface area contributed by atoms with E-state index in [1.54, 1.807) is 7.05 Å². The highest BCUT2D eigenvalue weighted by atomic mass is 32.1. The predicted octanol–water partition coefficient (Wildman–Crippen LogP) is 2.28. The third-order valence-electron chi connectivity index (χ3n) is 2.29. The fourth-order valence-corrected chi connectivity index (χ4v) is 2.51. The zero-order chi connectivity index (χ0) is 12.6. The normalized spacial score (nSPS) is 11.4. The second-order valence-electron chi connectivity index (χ2n) is 3.75. The molecule has 0 saturated carbocycles. The molecule has 0 atom stereocenters. The first kappa shape index (κ1) is 12.0. The molecule has 0 aliphatic rings. The topological polar surface area (TPSA) is 55.0 Å². The Labute approximate surface area is 101 Å². The van der Waals surface area contributed by atoms with Crippen molar-refractivity contribution in [2.75, 3.05) is 24.2 Å². The van der Waals surface area contributed by atoms with E-state index in [-0.39, 0.29) is 12.5 Å². The Hall–Kier alpha value is -1.50. The van der Waals surface area contributed by atoms with E-state index in [1.807, 2.05) is 13.0 Å². The van der Waals surface area contributed by atoms with Gasteiger partial charge in [0.2, 0.25) is 5.95 Å². The summed E-state index contributed by atoms with van der Waals surface area (Å²) in [6.07, 6.45) is -2.41. The van der Waals surface area contributed by atoms with Crippen LogP contribution < -0.4 is 10.6 Å². The molecule has 4 nitrogen and oxygen atoms in total. The summed E-state index contributed by atoms with van der Waals surface area (Å²) >= 11 is 1.47. The third-order valence-corrected chi connectivity index (χ3v) is 3.23. The van der Waals surface area contributed by atoms with E-state index in [0.29, 0.717) is 5.82 Å². The van der Waals surface area contributed by atoms with Gasteiger partial charge >= 0.3 is 0 Å². The van der Waals surface area contributed by atoms with Crippen LogP contribution in [-0.4, -0.2) is 30.0 Å². The minimum atomic E-state index is -2.41. The number of nitrogen functional groups attached to an aromatic ring is 1. The smallest absolute Gasteiger partial charge is 0.255 e. The average molecular weight is 258 g/mol. The van der Waals surface area contributed by atoms with E-state index >= 15 is 0 Å². The first-order valence-corrected chi connectivity index (χ1v) is 5.82. The van der Waals surface area contributed by atoms with Gasteiger partial charge in [0.25, 0.3) is 6.43 Å².